The third kappa shape index (κ3) is 5.51. The fourth-order valence-corrected chi connectivity index (χ4v) is 2.21. The van der Waals surface area contributed by atoms with Gasteiger partial charge in [0.2, 0.25) is 0 Å². The molecule has 2 rings (SSSR count). The number of unbranched alkanes of at least 4 members (excludes halogenated alkanes) is 1. The van der Waals surface area contributed by atoms with Gasteiger partial charge in [-0.15, -0.1) is 6.58 Å². The van der Waals surface area contributed by atoms with Crippen LogP contribution in [0.2, 0.25) is 0 Å². The van der Waals surface area contributed by atoms with E-state index in [-0.39, 0.29) is 0 Å². The molecule has 2 aromatic carbocycles. The Kier molecular flexibility index (Phi) is 6.96. The van der Waals surface area contributed by atoms with Crippen LogP contribution in [0.5, 0.6) is 17.2 Å². The van der Waals surface area contributed by atoms with Crippen molar-refractivity contribution in [1.29, 1.82) is 0 Å². The summed E-state index contributed by atoms with van der Waals surface area (Å²) in [5.74, 6) is 2.44. The van der Waals surface area contributed by atoms with Gasteiger partial charge in [-0.05, 0) is 48.2 Å². The Morgan fingerprint density at radius 2 is 1.46 bits per heavy atom. The number of rotatable bonds is 9. The first-order chi connectivity index (χ1) is 11.7. The molecule has 3 nitrogen and oxygen atoms in total. The summed E-state index contributed by atoms with van der Waals surface area (Å²) in [6, 6.07) is 13.8. The molecule has 24 heavy (non-hydrogen) atoms. The number of methoxy groups -OCH3 is 2. The summed E-state index contributed by atoms with van der Waals surface area (Å²) in [5.41, 5.74) is 2.13. The van der Waals surface area contributed by atoms with Gasteiger partial charge in [0.15, 0.2) is 0 Å². The molecule has 0 heterocycles. The lowest BCUT2D eigenvalue weighted by atomic mass is 10.1. The van der Waals surface area contributed by atoms with Crippen LogP contribution >= 0.6 is 0 Å². The highest BCUT2D eigenvalue weighted by molar-refractivity contribution is 5.71. The highest BCUT2D eigenvalue weighted by Crippen LogP contribution is 2.24. The van der Waals surface area contributed by atoms with E-state index in [1.165, 1.54) is 0 Å². The van der Waals surface area contributed by atoms with Crippen molar-refractivity contribution in [3.63, 3.8) is 0 Å². The Morgan fingerprint density at radius 3 is 2.04 bits per heavy atom. The molecule has 0 aliphatic rings. The van der Waals surface area contributed by atoms with Crippen LogP contribution in [0.4, 0.5) is 0 Å². The van der Waals surface area contributed by atoms with Gasteiger partial charge >= 0.3 is 0 Å². The second kappa shape index (κ2) is 9.46. The number of hydrogen-bond acceptors (Lipinski definition) is 3. The summed E-state index contributed by atoms with van der Waals surface area (Å²) in [6.07, 6.45) is 7.96. The topological polar surface area (TPSA) is 27.7 Å². The van der Waals surface area contributed by atoms with Crippen molar-refractivity contribution in [2.75, 3.05) is 20.8 Å². The van der Waals surface area contributed by atoms with Crippen molar-refractivity contribution in [1.82, 2.24) is 0 Å². The Labute approximate surface area is 144 Å². The zero-order valence-corrected chi connectivity index (χ0v) is 14.3. The maximum atomic E-state index is 5.68. The normalized spacial score (nSPS) is 10.6. The molecule has 0 saturated carbocycles. The maximum absolute atomic E-state index is 5.68. The highest BCUT2D eigenvalue weighted by Gasteiger charge is 1.99. The molecule has 0 aliphatic heterocycles. The van der Waals surface area contributed by atoms with Crippen LogP contribution < -0.4 is 14.2 Å². The largest absolute Gasteiger partial charge is 0.497 e. The van der Waals surface area contributed by atoms with E-state index in [4.69, 9.17) is 14.2 Å². The molecule has 0 saturated heterocycles. The van der Waals surface area contributed by atoms with Gasteiger partial charge in [-0.3, -0.25) is 0 Å². The van der Waals surface area contributed by atoms with Crippen LogP contribution in [0.3, 0.4) is 0 Å². The van der Waals surface area contributed by atoms with E-state index in [0.29, 0.717) is 6.61 Å². The van der Waals surface area contributed by atoms with E-state index in [1.54, 1.807) is 14.2 Å². The average Bonchev–Trinajstić information content (AvgIpc) is 2.64. The Bertz CT molecular complexity index is 650. The molecule has 0 radical (unpaired) electrons. The molecule has 0 fully saturated rings. The van der Waals surface area contributed by atoms with E-state index in [9.17, 15) is 0 Å². The smallest absolute Gasteiger partial charge is 0.123 e. The van der Waals surface area contributed by atoms with E-state index >= 15 is 0 Å². The van der Waals surface area contributed by atoms with Crippen molar-refractivity contribution >= 4 is 12.2 Å². The lowest BCUT2D eigenvalue weighted by Gasteiger charge is -2.06. The highest BCUT2D eigenvalue weighted by atomic mass is 16.5. The summed E-state index contributed by atoms with van der Waals surface area (Å²) in [6.45, 7) is 4.42. The molecule has 3 heteroatoms. The molecule has 2 aromatic rings. The van der Waals surface area contributed by atoms with Crippen LogP contribution in [0.25, 0.3) is 12.2 Å². The minimum atomic E-state index is 0.713. The minimum Gasteiger partial charge on any atom is -0.497 e. The Balaban J connectivity index is 2.00. The van der Waals surface area contributed by atoms with E-state index in [2.05, 4.69) is 12.7 Å². The van der Waals surface area contributed by atoms with Gasteiger partial charge in [0.05, 0.1) is 20.8 Å². The van der Waals surface area contributed by atoms with Crippen molar-refractivity contribution in [3.05, 3.63) is 66.2 Å². The van der Waals surface area contributed by atoms with Gasteiger partial charge in [-0.2, -0.15) is 0 Å². The summed E-state index contributed by atoms with van der Waals surface area (Å²) in [4.78, 5) is 0. The molecule has 0 bridgehead atoms. The summed E-state index contributed by atoms with van der Waals surface area (Å²) < 4.78 is 16.2. The van der Waals surface area contributed by atoms with Crippen LogP contribution in [-0.2, 0) is 0 Å². The third-order valence-corrected chi connectivity index (χ3v) is 3.54. The molecule has 0 spiro atoms. The molecule has 0 unspecified atom stereocenters. The number of benzene rings is 2. The molecule has 0 N–H and O–H groups in total. The molecular weight excluding hydrogens is 300 g/mol. The number of allylic oxidation sites excluding steroid dienone is 1. The molecule has 126 valence electrons. The quantitative estimate of drug-likeness (QED) is 0.359. The Hall–Kier alpha value is -2.68. The first-order valence-corrected chi connectivity index (χ1v) is 8.00. The zero-order chi connectivity index (χ0) is 17.2. The van der Waals surface area contributed by atoms with Crippen LogP contribution in [0.1, 0.15) is 24.0 Å². The standard InChI is InChI=1S/C21H24O3/c1-4-5-6-13-24-19-11-9-17(10-12-19)7-8-18-14-20(22-2)16-21(15-18)23-3/h4,7-12,14-16H,1,5-6,13H2,2-3H3/b8-7+. The van der Waals surface area contributed by atoms with Crippen LogP contribution in [-0.4, -0.2) is 20.8 Å². The molecular formula is C21H24O3. The van der Waals surface area contributed by atoms with E-state index in [1.807, 2.05) is 54.6 Å². The lowest BCUT2D eigenvalue weighted by Crippen LogP contribution is -1.96. The molecule has 0 aromatic heterocycles. The van der Waals surface area contributed by atoms with Crippen LogP contribution in [0.15, 0.2) is 55.1 Å². The van der Waals surface area contributed by atoms with Crippen molar-refractivity contribution < 1.29 is 14.2 Å². The predicted octanol–water partition coefficient (Wildman–Crippen LogP) is 5.22. The third-order valence-electron chi connectivity index (χ3n) is 3.54. The maximum Gasteiger partial charge on any atom is 0.123 e. The Morgan fingerprint density at radius 1 is 0.833 bits per heavy atom. The zero-order valence-electron chi connectivity index (χ0n) is 14.3. The fraction of sp³-hybridized carbons (Fsp3) is 0.238. The lowest BCUT2D eigenvalue weighted by molar-refractivity contribution is 0.312. The van der Waals surface area contributed by atoms with Crippen LogP contribution in [0, 0.1) is 0 Å². The molecule has 0 aliphatic carbocycles. The van der Waals surface area contributed by atoms with Gasteiger partial charge in [0.25, 0.3) is 0 Å². The second-order valence-electron chi connectivity index (χ2n) is 5.33. The molecule has 0 atom stereocenters. The van der Waals surface area contributed by atoms with Gasteiger partial charge in [-0.1, -0.05) is 30.4 Å². The van der Waals surface area contributed by atoms with Gasteiger partial charge in [-0.25, -0.2) is 0 Å². The van der Waals surface area contributed by atoms with Gasteiger partial charge in [0, 0.05) is 6.07 Å². The van der Waals surface area contributed by atoms with Crippen molar-refractivity contribution in [3.8, 4) is 17.2 Å². The van der Waals surface area contributed by atoms with E-state index < -0.39 is 0 Å². The summed E-state index contributed by atoms with van der Waals surface area (Å²) >= 11 is 0. The van der Waals surface area contributed by atoms with Gasteiger partial charge in [0.1, 0.15) is 17.2 Å². The predicted molar refractivity (Wildman–Crippen MR) is 99.8 cm³/mol. The minimum absolute atomic E-state index is 0.713. The fourth-order valence-electron chi connectivity index (χ4n) is 2.21. The first-order valence-electron chi connectivity index (χ1n) is 8.00. The second-order valence-corrected chi connectivity index (χ2v) is 5.33. The van der Waals surface area contributed by atoms with E-state index in [0.717, 1.165) is 41.2 Å². The SMILES string of the molecule is C=CCCCOc1ccc(/C=C/c2cc(OC)cc(OC)c2)cc1. The van der Waals surface area contributed by atoms with Gasteiger partial charge < -0.3 is 14.2 Å². The van der Waals surface area contributed by atoms with Crippen molar-refractivity contribution in [2.45, 2.75) is 12.8 Å². The average molecular weight is 324 g/mol. The number of hydrogen-bond donors (Lipinski definition) is 0. The van der Waals surface area contributed by atoms with Crippen molar-refractivity contribution in [2.24, 2.45) is 0 Å². The summed E-state index contributed by atoms with van der Waals surface area (Å²) in [5, 5.41) is 0. The summed E-state index contributed by atoms with van der Waals surface area (Å²) in [7, 11) is 3.30. The first kappa shape index (κ1) is 17.7. The monoisotopic (exact) mass is 324 g/mol. The number of ether oxygens (including phenoxy) is 3. The molecule has 0 amide bonds.